The van der Waals surface area contributed by atoms with E-state index in [0.717, 1.165) is 38.8 Å². The van der Waals surface area contributed by atoms with Gasteiger partial charge in [-0.15, -0.1) is 0 Å². The fraction of sp³-hybridized carbons (Fsp3) is 0.889. The second-order valence-electron chi connectivity index (χ2n) is 3.12. The van der Waals surface area contributed by atoms with Crippen molar-refractivity contribution in [2.45, 2.75) is 25.7 Å². The Balaban J connectivity index is 2.88. The summed E-state index contributed by atoms with van der Waals surface area (Å²) in [6, 6.07) is 0. The summed E-state index contributed by atoms with van der Waals surface area (Å²) in [6.45, 7) is 2.61. The SMILES string of the molecule is O=C(O)NCCCCNCCCCO. The van der Waals surface area contributed by atoms with Crippen LogP contribution in [0, 0.1) is 0 Å². The van der Waals surface area contributed by atoms with Crippen LogP contribution in [0.2, 0.25) is 0 Å². The summed E-state index contributed by atoms with van der Waals surface area (Å²) in [4.78, 5) is 10.1. The van der Waals surface area contributed by atoms with E-state index in [4.69, 9.17) is 10.2 Å². The molecular weight excluding hydrogens is 184 g/mol. The molecule has 0 aliphatic rings. The van der Waals surface area contributed by atoms with Crippen molar-refractivity contribution in [2.24, 2.45) is 0 Å². The highest BCUT2D eigenvalue weighted by atomic mass is 16.4. The molecule has 0 unspecified atom stereocenters. The van der Waals surface area contributed by atoms with Crippen molar-refractivity contribution in [2.75, 3.05) is 26.2 Å². The van der Waals surface area contributed by atoms with Gasteiger partial charge in [-0.3, -0.25) is 0 Å². The van der Waals surface area contributed by atoms with E-state index in [9.17, 15) is 4.79 Å². The summed E-state index contributed by atoms with van der Waals surface area (Å²) in [6.07, 6.45) is 2.71. The molecule has 0 aromatic rings. The third-order valence-corrected chi connectivity index (χ3v) is 1.82. The highest BCUT2D eigenvalue weighted by Gasteiger charge is 1.93. The largest absolute Gasteiger partial charge is 0.465 e. The summed E-state index contributed by atoms with van der Waals surface area (Å²) in [7, 11) is 0. The lowest BCUT2D eigenvalue weighted by atomic mass is 10.3. The number of carboxylic acid groups (broad SMARTS) is 1. The summed E-state index contributed by atoms with van der Waals surface area (Å²) in [5, 5.41) is 22.3. The average Bonchev–Trinajstić information content (AvgIpc) is 2.15. The van der Waals surface area contributed by atoms with Gasteiger partial charge in [0.1, 0.15) is 0 Å². The van der Waals surface area contributed by atoms with Crippen molar-refractivity contribution in [3.8, 4) is 0 Å². The molecule has 84 valence electrons. The minimum absolute atomic E-state index is 0.254. The molecule has 0 saturated carbocycles. The van der Waals surface area contributed by atoms with E-state index in [0.29, 0.717) is 6.54 Å². The third kappa shape index (κ3) is 11.2. The van der Waals surface area contributed by atoms with Gasteiger partial charge in [-0.2, -0.15) is 0 Å². The number of amides is 1. The number of unbranched alkanes of at least 4 members (excludes halogenated alkanes) is 2. The minimum atomic E-state index is -0.957. The zero-order valence-electron chi connectivity index (χ0n) is 8.46. The van der Waals surface area contributed by atoms with Crippen molar-refractivity contribution < 1.29 is 15.0 Å². The molecule has 0 aromatic heterocycles. The van der Waals surface area contributed by atoms with Crippen molar-refractivity contribution in [3.63, 3.8) is 0 Å². The molecule has 0 aliphatic heterocycles. The van der Waals surface area contributed by atoms with Gasteiger partial charge in [0.25, 0.3) is 0 Å². The topological polar surface area (TPSA) is 81.6 Å². The number of aliphatic hydroxyl groups is 1. The quantitative estimate of drug-likeness (QED) is 0.410. The van der Waals surface area contributed by atoms with Crippen molar-refractivity contribution in [3.05, 3.63) is 0 Å². The maximum absolute atomic E-state index is 10.1. The van der Waals surface area contributed by atoms with Crippen molar-refractivity contribution in [1.82, 2.24) is 10.6 Å². The Bertz CT molecular complexity index is 142. The van der Waals surface area contributed by atoms with Crippen molar-refractivity contribution >= 4 is 6.09 Å². The number of carbonyl (C=O) groups is 1. The van der Waals surface area contributed by atoms with E-state index in [1.54, 1.807) is 0 Å². The molecule has 0 spiro atoms. The van der Waals surface area contributed by atoms with Gasteiger partial charge in [0.2, 0.25) is 0 Å². The van der Waals surface area contributed by atoms with Crippen LogP contribution >= 0.6 is 0 Å². The molecule has 0 saturated heterocycles. The minimum Gasteiger partial charge on any atom is -0.465 e. The zero-order chi connectivity index (χ0) is 10.6. The Hall–Kier alpha value is -0.810. The lowest BCUT2D eigenvalue weighted by Crippen LogP contribution is -2.23. The highest BCUT2D eigenvalue weighted by Crippen LogP contribution is 1.87. The number of rotatable bonds is 9. The maximum Gasteiger partial charge on any atom is 0.404 e. The normalized spacial score (nSPS) is 10.1. The van der Waals surface area contributed by atoms with Gasteiger partial charge in [-0.1, -0.05) is 0 Å². The molecule has 0 rings (SSSR count). The second kappa shape index (κ2) is 10.3. The molecule has 0 heterocycles. The molecule has 1 amide bonds. The first-order chi connectivity index (χ1) is 6.77. The summed E-state index contributed by atoms with van der Waals surface area (Å²) >= 11 is 0. The van der Waals surface area contributed by atoms with Crippen LogP contribution in [0.5, 0.6) is 0 Å². The summed E-state index contributed by atoms with van der Waals surface area (Å²) < 4.78 is 0. The molecule has 0 aromatic carbocycles. The van der Waals surface area contributed by atoms with Gasteiger partial charge in [0, 0.05) is 13.2 Å². The van der Waals surface area contributed by atoms with E-state index in [2.05, 4.69) is 10.6 Å². The van der Waals surface area contributed by atoms with Crippen LogP contribution in [-0.4, -0.2) is 42.5 Å². The number of hydrogen-bond acceptors (Lipinski definition) is 3. The van der Waals surface area contributed by atoms with Gasteiger partial charge in [-0.25, -0.2) is 4.79 Å². The van der Waals surface area contributed by atoms with E-state index >= 15 is 0 Å². The molecule has 0 bridgehead atoms. The van der Waals surface area contributed by atoms with E-state index < -0.39 is 6.09 Å². The zero-order valence-corrected chi connectivity index (χ0v) is 8.46. The Morgan fingerprint density at radius 3 is 2.14 bits per heavy atom. The van der Waals surface area contributed by atoms with E-state index in [1.807, 2.05) is 0 Å². The van der Waals surface area contributed by atoms with E-state index in [1.165, 1.54) is 0 Å². The molecular formula is C9H20N2O3. The standard InChI is InChI=1S/C9H20N2O3/c12-8-4-3-6-10-5-1-2-7-11-9(13)14/h10-12H,1-8H2,(H,13,14). The maximum atomic E-state index is 10.1. The third-order valence-electron chi connectivity index (χ3n) is 1.82. The highest BCUT2D eigenvalue weighted by molar-refractivity contribution is 5.64. The van der Waals surface area contributed by atoms with Gasteiger partial charge in [-0.05, 0) is 38.8 Å². The predicted octanol–water partition coefficient (Wildman–Crippen LogP) is 0.396. The first-order valence-corrected chi connectivity index (χ1v) is 5.05. The van der Waals surface area contributed by atoms with E-state index in [-0.39, 0.29) is 6.61 Å². The smallest absolute Gasteiger partial charge is 0.404 e. The van der Waals surface area contributed by atoms with Crippen LogP contribution in [0.25, 0.3) is 0 Å². The number of nitrogens with one attached hydrogen (secondary N) is 2. The number of hydrogen-bond donors (Lipinski definition) is 4. The van der Waals surface area contributed by atoms with Crippen LogP contribution in [-0.2, 0) is 0 Å². The van der Waals surface area contributed by atoms with Crippen LogP contribution in [0.1, 0.15) is 25.7 Å². The molecule has 5 heteroatoms. The monoisotopic (exact) mass is 204 g/mol. The fourth-order valence-electron chi connectivity index (χ4n) is 1.06. The molecule has 0 atom stereocenters. The average molecular weight is 204 g/mol. The molecule has 0 aliphatic carbocycles. The van der Waals surface area contributed by atoms with Gasteiger partial charge in [0.15, 0.2) is 0 Å². The molecule has 4 N–H and O–H groups in total. The fourth-order valence-corrected chi connectivity index (χ4v) is 1.06. The second-order valence-corrected chi connectivity index (χ2v) is 3.12. The van der Waals surface area contributed by atoms with Crippen molar-refractivity contribution in [1.29, 1.82) is 0 Å². The van der Waals surface area contributed by atoms with Crippen LogP contribution in [0.3, 0.4) is 0 Å². The Labute approximate surface area is 84.5 Å². The lowest BCUT2D eigenvalue weighted by molar-refractivity contribution is 0.194. The summed E-state index contributed by atoms with van der Waals surface area (Å²) in [5.41, 5.74) is 0. The number of aliphatic hydroxyl groups excluding tert-OH is 1. The molecule has 14 heavy (non-hydrogen) atoms. The first-order valence-electron chi connectivity index (χ1n) is 5.05. The molecule has 0 fully saturated rings. The van der Waals surface area contributed by atoms with Crippen LogP contribution in [0.15, 0.2) is 0 Å². The lowest BCUT2D eigenvalue weighted by Gasteiger charge is -2.03. The summed E-state index contributed by atoms with van der Waals surface area (Å²) in [5.74, 6) is 0. The molecule has 5 nitrogen and oxygen atoms in total. The molecule has 0 radical (unpaired) electrons. The Kier molecular flexibility index (Phi) is 9.68. The van der Waals surface area contributed by atoms with Crippen LogP contribution in [0.4, 0.5) is 4.79 Å². The van der Waals surface area contributed by atoms with Gasteiger partial charge in [0.05, 0.1) is 0 Å². The Morgan fingerprint density at radius 2 is 1.57 bits per heavy atom. The first kappa shape index (κ1) is 13.2. The van der Waals surface area contributed by atoms with Gasteiger partial charge < -0.3 is 20.8 Å². The van der Waals surface area contributed by atoms with Crippen LogP contribution < -0.4 is 10.6 Å². The predicted molar refractivity (Wildman–Crippen MR) is 54.5 cm³/mol. The Morgan fingerprint density at radius 1 is 1.00 bits per heavy atom. The van der Waals surface area contributed by atoms with Gasteiger partial charge >= 0.3 is 6.09 Å².